The zero-order valence-corrected chi connectivity index (χ0v) is 14.5. The molecule has 0 saturated carbocycles. The molecule has 2 aromatic heterocycles. The van der Waals surface area contributed by atoms with E-state index in [4.69, 9.17) is 5.73 Å². The maximum Gasteiger partial charge on any atom is 0.416 e. The van der Waals surface area contributed by atoms with Gasteiger partial charge in [-0.05, 0) is 37.6 Å². The summed E-state index contributed by atoms with van der Waals surface area (Å²) in [5.74, 6) is 0.136. The van der Waals surface area contributed by atoms with E-state index in [9.17, 15) is 18.0 Å². The molecule has 27 heavy (non-hydrogen) atoms. The summed E-state index contributed by atoms with van der Waals surface area (Å²) in [5, 5.41) is 3.59. The van der Waals surface area contributed by atoms with E-state index in [-0.39, 0.29) is 5.69 Å². The highest BCUT2D eigenvalue weighted by Crippen LogP contribution is 2.32. The lowest BCUT2D eigenvalue weighted by Gasteiger charge is -2.18. The number of amides is 1. The Morgan fingerprint density at radius 2 is 1.96 bits per heavy atom. The minimum absolute atomic E-state index is 0.0460. The molecule has 0 spiro atoms. The lowest BCUT2D eigenvalue weighted by atomic mass is 10.0. The first kappa shape index (κ1) is 18.6. The predicted octanol–water partition coefficient (Wildman–Crippen LogP) is 3.62. The molecule has 1 aromatic carbocycles. The second kappa shape index (κ2) is 6.82. The number of halogens is 3. The highest BCUT2D eigenvalue weighted by atomic mass is 19.4. The van der Waals surface area contributed by atoms with E-state index >= 15 is 0 Å². The number of pyridine rings is 1. The molecule has 6 nitrogen and oxygen atoms in total. The van der Waals surface area contributed by atoms with E-state index in [1.807, 2.05) is 0 Å². The van der Waals surface area contributed by atoms with E-state index in [2.05, 4.69) is 20.3 Å². The second-order valence-corrected chi connectivity index (χ2v) is 6.06. The number of nitrogens with zero attached hydrogens (tertiary/aromatic N) is 3. The van der Waals surface area contributed by atoms with Gasteiger partial charge in [0.05, 0.1) is 17.3 Å². The van der Waals surface area contributed by atoms with Crippen molar-refractivity contribution in [3.63, 3.8) is 0 Å². The summed E-state index contributed by atoms with van der Waals surface area (Å²) in [4.78, 5) is 23.9. The van der Waals surface area contributed by atoms with Gasteiger partial charge in [0.2, 0.25) is 0 Å². The molecule has 0 unspecified atom stereocenters. The average molecular weight is 375 g/mol. The molecule has 0 aliphatic carbocycles. The van der Waals surface area contributed by atoms with Crippen LogP contribution >= 0.6 is 0 Å². The molecule has 0 aliphatic rings. The quantitative estimate of drug-likeness (QED) is 0.726. The number of benzene rings is 1. The Hall–Kier alpha value is -3.23. The van der Waals surface area contributed by atoms with Crippen LogP contribution in [0.3, 0.4) is 0 Å². The number of primary amides is 1. The zero-order valence-electron chi connectivity index (χ0n) is 14.5. The molecule has 3 N–H and O–H groups in total. The minimum Gasteiger partial charge on any atom is -0.364 e. The number of rotatable bonds is 4. The number of fused-ring (bicyclic) bond motifs is 1. The van der Waals surface area contributed by atoms with Gasteiger partial charge in [-0.2, -0.15) is 13.2 Å². The smallest absolute Gasteiger partial charge is 0.364 e. The Morgan fingerprint density at radius 1 is 1.22 bits per heavy atom. The Kier molecular flexibility index (Phi) is 4.69. The Bertz CT molecular complexity index is 1020. The van der Waals surface area contributed by atoms with Gasteiger partial charge >= 0.3 is 6.18 Å². The normalized spacial score (nSPS) is 12.8. The number of hydrogen-bond acceptors (Lipinski definition) is 5. The van der Waals surface area contributed by atoms with Crippen molar-refractivity contribution in [3.8, 4) is 0 Å². The molecule has 140 valence electrons. The van der Waals surface area contributed by atoms with Crippen LogP contribution in [0.5, 0.6) is 0 Å². The van der Waals surface area contributed by atoms with E-state index in [0.29, 0.717) is 28.1 Å². The molecular formula is C18H16F3N5O. The van der Waals surface area contributed by atoms with Crippen LogP contribution < -0.4 is 11.1 Å². The van der Waals surface area contributed by atoms with Gasteiger partial charge < -0.3 is 11.1 Å². The fourth-order valence-corrected chi connectivity index (χ4v) is 2.67. The number of nitrogens with two attached hydrogens (primary N) is 1. The molecule has 0 aliphatic heterocycles. The number of alkyl halides is 3. The summed E-state index contributed by atoms with van der Waals surface area (Å²) >= 11 is 0. The van der Waals surface area contributed by atoms with E-state index < -0.39 is 23.7 Å². The summed E-state index contributed by atoms with van der Waals surface area (Å²) in [5.41, 5.74) is 5.52. The van der Waals surface area contributed by atoms with E-state index in [0.717, 1.165) is 12.1 Å². The largest absolute Gasteiger partial charge is 0.416 e. The van der Waals surface area contributed by atoms with Gasteiger partial charge in [-0.3, -0.25) is 4.79 Å². The van der Waals surface area contributed by atoms with Crippen molar-refractivity contribution in [2.45, 2.75) is 26.1 Å². The van der Waals surface area contributed by atoms with E-state index in [1.165, 1.54) is 18.3 Å². The number of carbonyl (C=O) groups is 1. The molecular weight excluding hydrogens is 359 g/mol. The van der Waals surface area contributed by atoms with Crippen LogP contribution in [0.4, 0.5) is 19.0 Å². The molecule has 2 heterocycles. The number of nitrogens with one attached hydrogen (secondary N) is 1. The first-order valence-corrected chi connectivity index (χ1v) is 8.03. The van der Waals surface area contributed by atoms with E-state index in [1.54, 1.807) is 19.9 Å². The number of aromatic nitrogens is 3. The molecule has 0 radical (unpaired) electrons. The van der Waals surface area contributed by atoms with Crippen molar-refractivity contribution in [2.24, 2.45) is 5.73 Å². The fourth-order valence-electron chi connectivity index (χ4n) is 2.67. The van der Waals surface area contributed by atoms with Crippen molar-refractivity contribution in [1.82, 2.24) is 15.0 Å². The number of anilines is 1. The fraction of sp³-hybridized carbons (Fsp3) is 0.222. The van der Waals surface area contributed by atoms with Gasteiger partial charge in [-0.1, -0.05) is 12.1 Å². The minimum atomic E-state index is -4.42. The first-order chi connectivity index (χ1) is 12.6. The maximum absolute atomic E-state index is 12.9. The first-order valence-electron chi connectivity index (χ1n) is 8.03. The summed E-state index contributed by atoms with van der Waals surface area (Å²) in [6, 6.07) is 6.04. The Labute approximate surface area is 152 Å². The number of hydrogen-bond donors (Lipinski definition) is 2. The molecule has 9 heteroatoms. The molecule has 3 rings (SSSR count). The second-order valence-electron chi connectivity index (χ2n) is 6.06. The Balaban J connectivity index is 2.00. The van der Waals surface area contributed by atoms with Crippen molar-refractivity contribution in [1.29, 1.82) is 0 Å². The third kappa shape index (κ3) is 3.97. The molecule has 1 amide bonds. The van der Waals surface area contributed by atoms with Crippen LogP contribution in [-0.4, -0.2) is 20.9 Å². The highest BCUT2D eigenvalue weighted by Gasteiger charge is 2.30. The summed E-state index contributed by atoms with van der Waals surface area (Å²) in [7, 11) is 0. The molecule has 0 bridgehead atoms. The van der Waals surface area contributed by atoms with Crippen molar-refractivity contribution in [2.75, 3.05) is 5.32 Å². The van der Waals surface area contributed by atoms with Gasteiger partial charge in [0.25, 0.3) is 5.91 Å². The monoisotopic (exact) mass is 375 g/mol. The molecule has 0 saturated heterocycles. The Morgan fingerprint density at radius 3 is 2.63 bits per heavy atom. The topological polar surface area (TPSA) is 93.8 Å². The predicted molar refractivity (Wildman–Crippen MR) is 94.1 cm³/mol. The van der Waals surface area contributed by atoms with Crippen LogP contribution in [0.25, 0.3) is 10.9 Å². The van der Waals surface area contributed by atoms with Gasteiger partial charge in [0.15, 0.2) is 0 Å². The van der Waals surface area contributed by atoms with Gasteiger partial charge in [-0.15, -0.1) is 0 Å². The number of carbonyl (C=O) groups excluding carboxylic acids is 1. The van der Waals surface area contributed by atoms with Crippen molar-refractivity contribution >= 4 is 22.6 Å². The van der Waals surface area contributed by atoms with Crippen molar-refractivity contribution < 1.29 is 18.0 Å². The van der Waals surface area contributed by atoms with Crippen molar-refractivity contribution in [3.05, 3.63) is 59.2 Å². The third-order valence-corrected chi connectivity index (χ3v) is 4.01. The van der Waals surface area contributed by atoms with Crippen LogP contribution in [0.15, 0.2) is 36.5 Å². The summed E-state index contributed by atoms with van der Waals surface area (Å²) in [6.45, 7) is 3.40. The lowest BCUT2D eigenvalue weighted by Crippen LogP contribution is -2.14. The van der Waals surface area contributed by atoms with Gasteiger partial charge in [-0.25, -0.2) is 15.0 Å². The van der Waals surface area contributed by atoms with Gasteiger partial charge in [0.1, 0.15) is 17.3 Å². The lowest BCUT2D eigenvalue weighted by molar-refractivity contribution is -0.137. The maximum atomic E-state index is 12.9. The standard InChI is InChI=1S/C18H16F3N5O/c1-9(11-4-3-5-12(6-11)18(19,20)21)24-17-13-7-14(16(22)27)23-8-15(13)25-10(2)26-17/h3-9H,1-2H3,(H2,22,27)(H,24,25,26)/t9-/m1/s1. The molecule has 0 fully saturated rings. The number of aryl methyl sites for hydroxylation is 1. The summed E-state index contributed by atoms with van der Waals surface area (Å²) in [6.07, 6.45) is -3.01. The van der Waals surface area contributed by atoms with Crippen LogP contribution in [-0.2, 0) is 6.18 Å². The highest BCUT2D eigenvalue weighted by molar-refractivity contribution is 5.97. The zero-order chi connectivity index (χ0) is 19.8. The van der Waals surface area contributed by atoms with Crippen LogP contribution in [0.2, 0.25) is 0 Å². The SMILES string of the molecule is Cc1nc(N[C@H](C)c2cccc(C(F)(F)F)c2)c2cc(C(N)=O)ncc2n1. The van der Waals surface area contributed by atoms with Gasteiger partial charge in [0, 0.05) is 11.4 Å². The third-order valence-electron chi connectivity index (χ3n) is 4.01. The molecule has 1 atom stereocenters. The van der Waals surface area contributed by atoms with Crippen LogP contribution in [0.1, 0.15) is 40.4 Å². The average Bonchev–Trinajstić information content (AvgIpc) is 2.60. The molecule has 3 aromatic rings. The van der Waals surface area contributed by atoms with Crippen LogP contribution in [0, 0.1) is 6.92 Å². The summed E-state index contributed by atoms with van der Waals surface area (Å²) < 4.78 is 38.8.